The molecule has 0 aliphatic heterocycles. The molecule has 1 heterocycles. The lowest BCUT2D eigenvalue weighted by Gasteiger charge is -2.21. The molecule has 30 heavy (non-hydrogen) atoms. The monoisotopic (exact) mass is 471 g/mol. The van der Waals surface area contributed by atoms with Crippen LogP contribution in [0.4, 0.5) is 5.69 Å². The molecule has 0 amide bonds. The zero-order valence-corrected chi connectivity index (χ0v) is 18.1. The molecule has 0 N–H and O–H groups in total. The average molecular weight is 472 g/mol. The van der Waals surface area contributed by atoms with E-state index in [1.165, 1.54) is 18.2 Å². The third-order valence-corrected chi connectivity index (χ3v) is 4.73. The molecule has 0 saturated carbocycles. The largest absolute Gasteiger partial charge is 0.454 e. The molecule has 0 unspecified atom stereocenters. The van der Waals surface area contributed by atoms with Gasteiger partial charge in [-0.15, -0.1) is 0 Å². The molecule has 8 heteroatoms. The summed E-state index contributed by atoms with van der Waals surface area (Å²) in [7, 11) is 0. The van der Waals surface area contributed by atoms with Crippen LogP contribution in [-0.2, 0) is 4.74 Å². The smallest absolute Gasteiger partial charge is 0.375 e. The van der Waals surface area contributed by atoms with Crippen LogP contribution in [0.5, 0.6) is 0 Å². The van der Waals surface area contributed by atoms with E-state index < -0.39 is 27.9 Å². The lowest BCUT2D eigenvalue weighted by Crippen LogP contribution is -2.25. The van der Waals surface area contributed by atoms with Crippen molar-refractivity contribution in [1.29, 1.82) is 0 Å². The number of nitro groups is 1. The van der Waals surface area contributed by atoms with Crippen LogP contribution in [0.1, 0.15) is 31.3 Å². The number of esters is 1. The van der Waals surface area contributed by atoms with Crippen molar-refractivity contribution in [2.45, 2.75) is 26.4 Å². The summed E-state index contributed by atoms with van der Waals surface area (Å²) in [6, 6.07) is 14.4. The molecule has 0 fully saturated rings. The number of rotatable bonds is 4. The zero-order valence-electron chi connectivity index (χ0n) is 16.5. The van der Waals surface area contributed by atoms with Gasteiger partial charge >= 0.3 is 11.6 Å². The minimum atomic E-state index is -0.891. The van der Waals surface area contributed by atoms with Gasteiger partial charge in [0, 0.05) is 27.7 Å². The van der Waals surface area contributed by atoms with Gasteiger partial charge in [0.25, 0.3) is 5.69 Å². The summed E-state index contributed by atoms with van der Waals surface area (Å²) in [6.07, 6.45) is 0. The van der Waals surface area contributed by atoms with E-state index in [4.69, 9.17) is 9.15 Å². The number of carbonyl (C=O) groups excluding carboxylic acids is 1. The molecule has 0 radical (unpaired) electrons. The molecule has 154 valence electrons. The number of ether oxygens (including phenoxy) is 1. The van der Waals surface area contributed by atoms with Crippen LogP contribution in [0.3, 0.4) is 0 Å². The number of halogens is 1. The van der Waals surface area contributed by atoms with Gasteiger partial charge in [0.2, 0.25) is 5.76 Å². The van der Waals surface area contributed by atoms with Gasteiger partial charge in [0.05, 0.1) is 10.5 Å². The minimum Gasteiger partial charge on any atom is -0.454 e. The second-order valence-electron chi connectivity index (χ2n) is 7.44. The van der Waals surface area contributed by atoms with Crippen LogP contribution in [0.15, 0.2) is 68.3 Å². The fourth-order valence-corrected chi connectivity index (χ4v) is 3.52. The van der Waals surface area contributed by atoms with Crippen molar-refractivity contribution in [3.8, 4) is 22.3 Å². The normalized spacial score (nSPS) is 11.2. The Morgan fingerprint density at radius 2 is 1.73 bits per heavy atom. The van der Waals surface area contributed by atoms with Crippen LogP contribution < -0.4 is 5.63 Å². The first-order valence-corrected chi connectivity index (χ1v) is 9.78. The van der Waals surface area contributed by atoms with Crippen LogP contribution in [-0.4, -0.2) is 16.5 Å². The van der Waals surface area contributed by atoms with Crippen LogP contribution in [0, 0.1) is 10.1 Å². The first kappa shape index (κ1) is 21.4. The summed E-state index contributed by atoms with van der Waals surface area (Å²) in [5.74, 6) is -1.29. The van der Waals surface area contributed by atoms with E-state index in [-0.39, 0.29) is 16.8 Å². The fraction of sp³-hybridized carbons (Fsp3) is 0.182. The Labute approximate surface area is 180 Å². The molecule has 0 aliphatic carbocycles. The molecular weight excluding hydrogens is 454 g/mol. The molecular formula is C22H18BrNO6. The average Bonchev–Trinajstić information content (AvgIpc) is 2.67. The molecule has 0 atom stereocenters. The third kappa shape index (κ3) is 4.49. The van der Waals surface area contributed by atoms with Gasteiger partial charge in [-0.05, 0) is 48.3 Å². The quantitative estimate of drug-likeness (QED) is 0.279. The number of benzene rings is 2. The number of nitro benzene ring substituents is 1. The van der Waals surface area contributed by atoms with Gasteiger partial charge in [-0.3, -0.25) is 10.1 Å². The predicted molar refractivity (Wildman–Crippen MR) is 115 cm³/mol. The maximum absolute atomic E-state index is 12.9. The molecule has 0 aliphatic rings. The van der Waals surface area contributed by atoms with E-state index in [1.807, 2.05) is 0 Å². The Hall–Kier alpha value is -3.26. The molecule has 0 spiro atoms. The van der Waals surface area contributed by atoms with Crippen LogP contribution in [0.2, 0.25) is 0 Å². The number of carbonyl (C=O) groups is 1. The highest BCUT2D eigenvalue weighted by molar-refractivity contribution is 9.10. The molecule has 7 nitrogen and oxygen atoms in total. The minimum absolute atomic E-state index is 0.106. The standard InChI is InChI=1S/C22H18BrNO6/c1-22(2,3)30-21(26)20-18(19-15(23)10-7-11-16(19)24(27)28)14(12-17(25)29-20)13-8-5-4-6-9-13/h4-12H,1-3H3. The second kappa shape index (κ2) is 8.23. The van der Waals surface area contributed by atoms with Gasteiger partial charge in [-0.1, -0.05) is 36.4 Å². The summed E-state index contributed by atoms with van der Waals surface area (Å²) in [4.78, 5) is 36.5. The lowest BCUT2D eigenvalue weighted by molar-refractivity contribution is -0.384. The van der Waals surface area contributed by atoms with E-state index in [0.717, 1.165) is 0 Å². The third-order valence-electron chi connectivity index (χ3n) is 4.07. The van der Waals surface area contributed by atoms with E-state index in [1.54, 1.807) is 57.2 Å². The molecule has 0 bridgehead atoms. The molecule has 3 aromatic rings. The van der Waals surface area contributed by atoms with Crippen molar-refractivity contribution >= 4 is 27.6 Å². The molecule has 1 aromatic heterocycles. The van der Waals surface area contributed by atoms with Crippen molar-refractivity contribution in [2.24, 2.45) is 0 Å². The molecule has 0 saturated heterocycles. The van der Waals surface area contributed by atoms with E-state index >= 15 is 0 Å². The topological polar surface area (TPSA) is 99.7 Å². The Morgan fingerprint density at radius 1 is 1.07 bits per heavy atom. The van der Waals surface area contributed by atoms with Crippen molar-refractivity contribution < 1.29 is 18.9 Å². The first-order chi connectivity index (χ1) is 14.1. The number of hydrogen-bond acceptors (Lipinski definition) is 6. The summed E-state index contributed by atoms with van der Waals surface area (Å²) < 4.78 is 11.0. The van der Waals surface area contributed by atoms with E-state index in [9.17, 15) is 19.7 Å². The Bertz CT molecular complexity index is 1180. The van der Waals surface area contributed by atoms with Crippen molar-refractivity contribution in [3.63, 3.8) is 0 Å². The zero-order chi connectivity index (χ0) is 22.1. The van der Waals surface area contributed by atoms with Gasteiger partial charge < -0.3 is 9.15 Å². The number of hydrogen-bond donors (Lipinski definition) is 0. The van der Waals surface area contributed by atoms with Gasteiger partial charge in [0.1, 0.15) is 5.60 Å². The van der Waals surface area contributed by atoms with Gasteiger partial charge in [-0.2, -0.15) is 0 Å². The highest BCUT2D eigenvalue weighted by atomic mass is 79.9. The maximum Gasteiger partial charge on any atom is 0.375 e. The Balaban J connectivity index is 2.45. The first-order valence-electron chi connectivity index (χ1n) is 8.98. The Kier molecular flexibility index (Phi) is 5.89. The van der Waals surface area contributed by atoms with Crippen molar-refractivity contribution in [3.05, 3.63) is 85.4 Å². The van der Waals surface area contributed by atoms with E-state index in [2.05, 4.69) is 15.9 Å². The van der Waals surface area contributed by atoms with Crippen LogP contribution >= 0.6 is 15.9 Å². The summed E-state index contributed by atoms with van der Waals surface area (Å²) in [5, 5.41) is 11.7. The van der Waals surface area contributed by atoms with Gasteiger partial charge in [0.15, 0.2) is 0 Å². The van der Waals surface area contributed by atoms with Crippen molar-refractivity contribution in [1.82, 2.24) is 0 Å². The lowest BCUT2D eigenvalue weighted by atomic mass is 9.93. The van der Waals surface area contributed by atoms with Crippen LogP contribution in [0.25, 0.3) is 22.3 Å². The summed E-state index contributed by atoms with van der Waals surface area (Å²) in [6.45, 7) is 5.01. The predicted octanol–water partition coefficient (Wildman–Crippen LogP) is 5.60. The highest BCUT2D eigenvalue weighted by Gasteiger charge is 2.31. The SMILES string of the molecule is CC(C)(C)OC(=O)c1oc(=O)cc(-c2ccccc2)c1-c1c(Br)cccc1[N+](=O)[O-]. The maximum atomic E-state index is 12.9. The molecule has 2 aromatic carbocycles. The van der Waals surface area contributed by atoms with Crippen molar-refractivity contribution in [2.75, 3.05) is 0 Å². The fourth-order valence-electron chi connectivity index (χ4n) is 2.97. The summed E-state index contributed by atoms with van der Waals surface area (Å²) >= 11 is 3.35. The second-order valence-corrected chi connectivity index (χ2v) is 8.30. The molecule has 3 rings (SSSR count). The number of nitrogens with zero attached hydrogens (tertiary/aromatic N) is 1. The van der Waals surface area contributed by atoms with Gasteiger partial charge in [-0.25, -0.2) is 9.59 Å². The summed E-state index contributed by atoms with van der Waals surface area (Å²) in [5.41, 5.74) is -0.748. The Morgan fingerprint density at radius 3 is 2.33 bits per heavy atom. The highest BCUT2D eigenvalue weighted by Crippen LogP contribution is 2.43. The van der Waals surface area contributed by atoms with E-state index in [0.29, 0.717) is 15.6 Å².